The van der Waals surface area contributed by atoms with Crippen molar-refractivity contribution in [3.63, 3.8) is 0 Å². The molecule has 8 nitrogen and oxygen atoms in total. The molecular weight excluding hydrogens is 463 g/mol. The zero-order valence-corrected chi connectivity index (χ0v) is 20.5. The molecule has 2 aliphatic heterocycles. The molecule has 190 valence electrons. The lowest BCUT2D eigenvalue weighted by Gasteiger charge is -2.24. The molecule has 2 atom stereocenters. The number of aromatic nitrogens is 2. The fourth-order valence-electron chi connectivity index (χ4n) is 4.82. The number of nitrogens with zero attached hydrogens (tertiary/aromatic N) is 1. The molecule has 2 bridgehead atoms. The molecule has 3 aromatic rings. The van der Waals surface area contributed by atoms with E-state index >= 15 is 0 Å². The number of pyridine rings is 1. The molecule has 4 heterocycles. The standard InChI is InChI=1S/C27H31FN4O4/c1-16-7-11-35-12-9-17-14-30-27(33)22-23(17)32-24(18-6-10-29-15-21(18)36-13-8-16)25(22)31-20-5-3-4-19(28)26(20)34-2/h3-6,10,15-17,31-32H,7-9,11-14H2,1-2H3,(H,30,33). The number of amides is 1. The van der Waals surface area contributed by atoms with E-state index in [9.17, 15) is 9.18 Å². The average molecular weight is 495 g/mol. The van der Waals surface area contributed by atoms with Gasteiger partial charge in [0.2, 0.25) is 0 Å². The highest BCUT2D eigenvalue weighted by molar-refractivity contribution is 6.07. The van der Waals surface area contributed by atoms with Gasteiger partial charge in [0.05, 0.1) is 42.5 Å². The fourth-order valence-corrected chi connectivity index (χ4v) is 4.82. The molecule has 9 heteroatoms. The fraction of sp³-hybridized carbons (Fsp3) is 0.407. The number of anilines is 2. The van der Waals surface area contributed by atoms with Gasteiger partial charge >= 0.3 is 0 Å². The number of nitrogens with one attached hydrogen (secondary N) is 3. The van der Waals surface area contributed by atoms with Crippen LogP contribution in [0.5, 0.6) is 11.5 Å². The van der Waals surface area contributed by atoms with Gasteiger partial charge in [0.1, 0.15) is 5.75 Å². The van der Waals surface area contributed by atoms with Crippen LogP contribution >= 0.6 is 0 Å². The van der Waals surface area contributed by atoms with Crippen LogP contribution in [0.4, 0.5) is 15.8 Å². The molecule has 3 N–H and O–H groups in total. The first-order valence-electron chi connectivity index (χ1n) is 12.3. The summed E-state index contributed by atoms with van der Waals surface area (Å²) in [6.07, 6.45) is 5.98. The normalized spacial score (nSPS) is 20.2. The highest BCUT2D eigenvalue weighted by Crippen LogP contribution is 2.44. The second kappa shape index (κ2) is 10.6. The molecule has 2 aromatic heterocycles. The SMILES string of the molecule is COc1c(F)cccc1Nc1c2[nH]c3c1C(=O)NCC3CCOCCC(C)CCOc1cnccc1-2. The highest BCUT2D eigenvalue weighted by Gasteiger charge is 2.33. The lowest BCUT2D eigenvalue weighted by molar-refractivity contribution is 0.0918. The molecular formula is C27H31FN4O4. The average Bonchev–Trinajstić information content (AvgIpc) is 3.25. The van der Waals surface area contributed by atoms with Crippen molar-refractivity contribution in [1.82, 2.24) is 15.3 Å². The summed E-state index contributed by atoms with van der Waals surface area (Å²) in [5, 5.41) is 6.31. The summed E-state index contributed by atoms with van der Waals surface area (Å²) < 4.78 is 31.9. The Morgan fingerprint density at radius 3 is 2.86 bits per heavy atom. The van der Waals surface area contributed by atoms with E-state index in [0.717, 1.165) is 30.5 Å². The van der Waals surface area contributed by atoms with Crippen molar-refractivity contribution < 1.29 is 23.4 Å². The third-order valence-corrected chi connectivity index (χ3v) is 6.89. The Balaban J connectivity index is 1.66. The molecule has 5 rings (SSSR count). The number of H-pyrrole nitrogens is 1. The lowest BCUT2D eigenvalue weighted by Crippen LogP contribution is -2.35. The van der Waals surface area contributed by atoms with Crippen LogP contribution in [0, 0.1) is 11.7 Å². The number of rotatable bonds is 3. The van der Waals surface area contributed by atoms with Crippen LogP contribution in [0.2, 0.25) is 0 Å². The van der Waals surface area contributed by atoms with E-state index in [1.54, 1.807) is 24.5 Å². The predicted molar refractivity (Wildman–Crippen MR) is 135 cm³/mol. The number of aromatic amines is 1. The van der Waals surface area contributed by atoms with E-state index in [1.807, 2.05) is 6.07 Å². The molecule has 36 heavy (non-hydrogen) atoms. The minimum atomic E-state index is -0.496. The summed E-state index contributed by atoms with van der Waals surface area (Å²) in [4.78, 5) is 21.0. The van der Waals surface area contributed by atoms with Gasteiger partial charge in [-0.05, 0) is 43.4 Å². The van der Waals surface area contributed by atoms with Crippen LogP contribution in [0.15, 0.2) is 36.7 Å². The maximum atomic E-state index is 14.5. The molecule has 0 spiro atoms. The largest absolute Gasteiger partial charge is 0.492 e. The Bertz CT molecular complexity index is 1240. The van der Waals surface area contributed by atoms with Crippen molar-refractivity contribution in [1.29, 1.82) is 0 Å². The molecule has 0 fully saturated rings. The Hall–Kier alpha value is -3.59. The predicted octanol–water partition coefficient (Wildman–Crippen LogP) is 5.01. The summed E-state index contributed by atoms with van der Waals surface area (Å²) in [6.45, 7) is 4.52. The Labute approximate surface area is 209 Å². The second-order valence-electron chi connectivity index (χ2n) is 9.32. The molecule has 2 unspecified atom stereocenters. The summed E-state index contributed by atoms with van der Waals surface area (Å²) in [7, 11) is 1.42. The van der Waals surface area contributed by atoms with Crippen LogP contribution in [0.3, 0.4) is 0 Å². The van der Waals surface area contributed by atoms with Crippen LogP contribution in [-0.4, -0.2) is 49.4 Å². The van der Waals surface area contributed by atoms with Gasteiger partial charge in [0.15, 0.2) is 11.6 Å². The van der Waals surface area contributed by atoms with E-state index in [-0.39, 0.29) is 17.6 Å². The van der Waals surface area contributed by atoms with Gasteiger partial charge in [-0.25, -0.2) is 4.39 Å². The molecule has 1 aromatic carbocycles. The smallest absolute Gasteiger partial charge is 0.255 e. The van der Waals surface area contributed by atoms with Gasteiger partial charge in [-0.1, -0.05) is 13.0 Å². The Morgan fingerprint density at radius 2 is 2.00 bits per heavy atom. The molecule has 0 radical (unpaired) electrons. The molecule has 0 saturated carbocycles. The summed E-state index contributed by atoms with van der Waals surface area (Å²) in [5.74, 6) is 0.487. The van der Waals surface area contributed by atoms with Crippen LogP contribution in [0.25, 0.3) is 11.3 Å². The van der Waals surface area contributed by atoms with Crippen molar-refractivity contribution >= 4 is 17.3 Å². The van der Waals surface area contributed by atoms with Gasteiger partial charge in [0.25, 0.3) is 5.91 Å². The van der Waals surface area contributed by atoms with Gasteiger partial charge in [-0.15, -0.1) is 0 Å². The van der Waals surface area contributed by atoms with Crippen LogP contribution < -0.4 is 20.1 Å². The zero-order valence-electron chi connectivity index (χ0n) is 20.5. The maximum absolute atomic E-state index is 14.5. The van der Waals surface area contributed by atoms with E-state index in [1.165, 1.54) is 13.2 Å². The number of ether oxygens (including phenoxy) is 3. The van der Waals surface area contributed by atoms with E-state index in [0.29, 0.717) is 60.7 Å². The number of para-hydroxylation sites is 1. The first kappa shape index (κ1) is 24.1. The summed E-state index contributed by atoms with van der Waals surface area (Å²) >= 11 is 0. The quantitative estimate of drug-likeness (QED) is 0.474. The van der Waals surface area contributed by atoms with Gasteiger partial charge in [-0.2, -0.15) is 0 Å². The Kier molecular flexibility index (Phi) is 7.09. The van der Waals surface area contributed by atoms with Crippen molar-refractivity contribution in [3.8, 4) is 22.8 Å². The van der Waals surface area contributed by atoms with Crippen molar-refractivity contribution in [2.24, 2.45) is 5.92 Å². The Morgan fingerprint density at radius 1 is 1.17 bits per heavy atom. The van der Waals surface area contributed by atoms with Crippen LogP contribution in [-0.2, 0) is 4.74 Å². The summed E-state index contributed by atoms with van der Waals surface area (Å²) in [5.41, 5.74) is 3.71. The molecule has 2 aliphatic rings. The third kappa shape index (κ3) is 4.75. The number of halogens is 1. The number of carbonyl (C=O) groups excluding carboxylic acids is 1. The number of fused-ring (bicyclic) bond motifs is 3. The van der Waals surface area contributed by atoms with E-state index in [2.05, 4.69) is 27.5 Å². The van der Waals surface area contributed by atoms with E-state index in [4.69, 9.17) is 14.2 Å². The number of benzene rings is 1. The maximum Gasteiger partial charge on any atom is 0.255 e. The topological polar surface area (TPSA) is 97.5 Å². The number of hydrogen-bond acceptors (Lipinski definition) is 6. The van der Waals surface area contributed by atoms with E-state index < -0.39 is 5.82 Å². The molecule has 1 amide bonds. The number of carbonyl (C=O) groups is 1. The number of methoxy groups -OCH3 is 1. The van der Waals surface area contributed by atoms with Crippen molar-refractivity contribution in [2.45, 2.75) is 32.1 Å². The monoisotopic (exact) mass is 494 g/mol. The first-order chi connectivity index (χ1) is 17.6. The molecule has 0 saturated heterocycles. The van der Waals surface area contributed by atoms with Crippen molar-refractivity contribution in [3.05, 3.63) is 53.7 Å². The summed E-state index contributed by atoms with van der Waals surface area (Å²) in [6, 6.07) is 6.51. The number of hydrogen-bond donors (Lipinski definition) is 3. The van der Waals surface area contributed by atoms with Gasteiger partial charge in [0, 0.05) is 43.1 Å². The lowest BCUT2D eigenvalue weighted by atomic mass is 9.93. The minimum absolute atomic E-state index is 0.0372. The minimum Gasteiger partial charge on any atom is -0.492 e. The van der Waals surface area contributed by atoms with Crippen molar-refractivity contribution in [2.75, 3.05) is 38.8 Å². The van der Waals surface area contributed by atoms with Gasteiger partial charge in [-0.3, -0.25) is 9.78 Å². The van der Waals surface area contributed by atoms with Gasteiger partial charge < -0.3 is 29.8 Å². The first-order valence-corrected chi connectivity index (χ1v) is 12.3. The van der Waals surface area contributed by atoms with Crippen LogP contribution in [0.1, 0.15) is 48.2 Å². The second-order valence-corrected chi connectivity index (χ2v) is 9.32. The molecule has 0 aliphatic carbocycles. The highest BCUT2D eigenvalue weighted by atomic mass is 19.1. The zero-order chi connectivity index (χ0) is 25.1. The third-order valence-electron chi connectivity index (χ3n) is 6.89.